The van der Waals surface area contributed by atoms with Crippen LogP contribution in [0, 0.1) is 0 Å². The van der Waals surface area contributed by atoms with Gasteiger partial charge in [0, 0.05) is 11.6 Å². The van der Waals surface area contributed by atoms with Crippen LogP contribution in [0.1, 0.15) is 17.3 Å². The SMILES string of the molecule is CCOC(=O)c1ccccc1NC(=O)Cn1nc(-c2ccccc2)ccc1=O. The van der Waals surface area contributed by atoms with E-state index < -0.39 is 17.4 Å². The molecular weight excluding hydrogens is 358 g/mol. The van der Waals surface area contributed by atoms with Crippen LogP contribution >= 0.6 is 0 Å². The zero-order valence-electron chi connectivity index (χ0n) is 15.3. The van der Waals surface area contributed by atoms with Crippen molar-refractivity contribution in [3.05, 3.63) is 82.6 Å². The monoisotopic (exact) mass is 377 g/mol. The third kappa shape index (κ3) is 4.50. The van der Waals surface area contributed by atoms with E-state index in [1.165, 1.54) is 6.07 Å². The summed E-state index contributed by atoms with van der Waals surface area (Å²) in [5, 5.41) is 6.91. The van der Waals surface area contributed by atoms with Crippen LogP contribution in [0.2, 0.25) is 0 Å². The van der Waals surface area contributed by atoms with Crippen molar-refractivity contribution < 1.29 is 14.3 Å². The van der Waals surface area contributed by atoms with Gasteiger partial charge in [0.25, 0.3) is 5.56 Å². The molecule has 7 nitrogen and oxygen atoms in total. The molecule has 3 rings (SSSR count). The summed E-state index contributed by atoms with van der Waals surface area (Å²) in [7, 11) is 0. The van der Waals surface area contributed by atoms with Gasteiger partial charge in [-0.25, -0.2) is 9.48 Å². The van der Waals surface area contributed by atoms with Crippen LogP contribution < -0.4 is 10.9 Å². The summed E-state index contributed by atoms with van der Waals surface area (Å²) < 4.78 is 6.08. The average molecular weight is 377 g/mol. The van der Waals surface area contributed by atoms with Gasteiger partial charge in [-0.2, -0.15) is 5.10 Å². The van der Waals surface area contributed by atoms with Gasteiger partial charge in [-0.1, -0.05) is 42.5 Å². The minimum Gasteiger partial charge on any atom is -0.462 e. The fourth-order valence-corrected chi connectivity index (χ4v) is 2.63. The number of benzene rings is 2. The van der Waals surface area contributed by atoms with Crippen LogP contribution in [-0.2, 0) is 16.1 Å². The van der Waals surface area contributed by atoms with E-state index in [2.05, 4.69) is 10.4 Å². The van der Waals surface area contributed by atoms with E-state index in [1.807, 2.05) is 30.3 Å². The summed E-state index contributed by atoms with van der Waals surface area (Å²) in [5.41, 5.74) is 1.59. The van der Waals surface area contributed by atoms with Crippen LogP contribution in [0.15, 0.2) is 71.5 Å². The summed E-state index contributed by atoms with van der Waals surface area (Å²) in [6.45, 7) is 1.65. The highest BCUT2D eigenvalue weighted by molar-refractivity contribution is 6.01. The lowest BCUT2D eigenvalue weighted by Crippen LogP contribution is -2.29. The summed E-state index contributed by atoms with van der Waals surface area (Å²) >= 11 is 0. The third-order valence-electron chi connectivity index (χ3n) is 3.93. The van der Waals surface area contributed by atoms with Gasteiger partial charge in [-0.05, 0) is 25.1 Å². The Hall–Kier alpha value is -3.74. The molecular formula is C21H19N3O4. The van der Waals surface area contributed by atoms with Crippen LogP contribution in [0.3, 0.4) is 0 Å². The average Bonchev–Trinajstić information content (AvgIpc) is 2.71. The molecule has 3 aromatic rings. The van der Waals surface area contributed by atoms with Crippen molar-refractivity contribution in [2.45, 2.75) is 13.5 Å². The normalized spacial score (nSPS) is 10.3. The lowest BCUT2D eigenvalue weighted by atomic mass is 10.1. The first-order chi connectivity index (χ1) is 13.6. The molecule has 0 aliphatic heterocycles. The van der Waals surface area contributed by atoms with E-state index in [-0.39, 0.29) is 18.7 Å². The summed E-state index contributed by atoms with van der Waals surface area (Å²) in [6, 6.07) is 18.9. The number of nitrogens with zero attached hydrogens (tertiary/aromatic N) is 2. The number of esters is 1. The van der Waals surface area contributed by atoms with Gasteiger partial charge in [0.05, 0.1) is 23.6 Å². The van der Waals surface area contributed by atoms with Gasteiger partial charge < -0.3 is 10.1 Å². The number of aromatic nitrogens is 2. The molecule has 28 heavy (non-hydrogen) atoms. The first kappa shape index (κ1) is 19.0. The predicted octanol–water partition coefficient (Wildman–Crippen LogP) is 2.73. The quantitative estimate of drug-likeness (QED) is 0.667. The number of nitrogens with one attached hydrogen (secondary N) is 1. The van der Waals surface area contributed by atoms with E-state index in [0.717, 1.165) is 10.2 Å². The summed E-state index contributed by atoms with van der Waals surface area (Å²) in [6.07, 6.45) is 0. The number of anilines is 1. The van der Waals surface area contributed by atoms with Crippen molar-refractivity contribution in [3.63, 3.8) is 0 Å². The molecule has 142 valence electrons. The van der Waals surface area contributed by atoms with Crippen molar-refractivity contribution in [1.82, 2.24) is 9.78 Å². The van der Waals surface area contributed by atoms with Crippen LogP contribution in [0.25, 0.3) is 11.3 Å². The Bertz CT molecular complexity index is 1040. The molecule has 0 unspecified atom stereocenters. The van der Waals surface area contributed by atoms with Crippen molar-refractivity contribution in [3.8, 4) is 11.3 Å². The molecule has 2 aromatic carbocycles. The molecule has 0 saturated heterocycles. The number of amides is 1. The lowest BCUT2D eigenvalue weighted by Gasteiger charge is -2.11. The van der Waals surface area contributed by atoms with Gasteiger partial charge >= 0.3 is 5.97 Å². The fourth-order valence-electron chi connectivity index (χ4n) is 2.63. The number of rotatable bonds is 6. The van der Waals surface area contributed by atoms with Crippen molar-refractivity contribution >= 4 is 17.6 Å². The maximum atomic E-state index is 12.5. The van der Waals surface area contributed by atoms with Crippen LogP contribution in [0.4, 0.5) is 5.69 Å². The Morgan fingerprint density at radius 1 is 1.00 bits per heavy atom. The number of carbonyl (C=O) groups is 2. The Kier molecular flexibility index (Phi) is 5.96. The molecule has 0 aliphatic carbocycles. The fraction of sp³-hybridized carbons (Fsp3) is 0.143. The maximum Gasteiger partial charge on any atom is 0.340 e. The number of para-hydroxylation sites is 1. The number of carbonyl (C=O) groups excluding carboxylic acids is 2. The summed E-state index contributed by atoms with van der Waals surface area (Å²) in [4.78, 5) is 36.6. The largest absolute Gasteiger partial charge is 0.462 e. The first-order valence-corrected chi connectivity index (χ1v) is 8.78. The third-order valence-corrected chi connectivity index (χ3v) is 3.93. The zero-order valence-corrected chi connectivity index (χ0v) is 15.3. The molecule has 7 heteroatoms. The molecule has 0 atom stereocenters. The van der Waals surface area contributed by atoms with Crippen LogP contribution in [0.5, 0.6) is 0 Å². The smallest absolute Gasteiger partial charge is 0.340 e. The van der Waals surface area contributed by atoms with Gasteiger partial charge in [0.2, 0.25) is 5.91 Å². The molecule has 0 aliphatic rings. The highest BCUT2D eigenvalue weighted by atomic mass is 16.5. The Morgan fingerprint density at radius 2 is 1.71 bits per heavy atom. The van der Waals surface area contributed by atoms with Crippen molar-refractivity contribution in [1.29, 1.82) is 0 Å². The van der Waals surface area contributed by atoms with Gasteiger partial charge in [-0.3, -0.25) is 9.59 Å². The summed E-state index contributed by atoms with van der Waals surface area (Å²) in [5.74, 6) is -1.00. The second kappa shape index (κ2) is 8.77. The molecule has 0 spiro atoms. The predicted molar refractivity (Wildman–Crippen MR) is 105 cm³/mol. The zero-order chi connectivity index (χ0) is 19.9. The molecule has 0 radical (unpaired) electrons. The molecule has 1 N–H and O–H groups in total. The molecule has 0 bridgehead atoms. The maximum absolute atomic E-state index is 12.5. The molecule has 1 aromatic heterocycles. The molecule has 1 amide bonds. The van der Waals surface area contributed by atoms with E-state index in [1.54, 1.807) is 37.3 Å². The Morgan fingerprint density at radius 3 is 2.46 bits per heavy atom. The second-order valence-corrected chi connectivity index (χ2v) is 5.89. The van der Waals surface area contributed by atoms with E-state index in [4.69, 9.17) is 4.74 Å². The van der Waals surface area contributed by atoms with Crippen molar-refractivity contribution in [2.24, 2.45) is 0 Å². The van der Waals surface area contributed by atoms with Gasteiger partial charge in [0.15, 0.2) is 0 Å². The molecule has 0 saturated carbocycles. The van der Waals surface area contributed by atoms with Gasteiger partial charge in [-0.15, -0.1) is 0 Å². The minimum atomic E-state index is -0.528. The number of hydrogen-bond donors (Lipinski definition) is 1. The van der Waals surface area contributed by atoms with Crippen LogP contribution in [-0.4, -0.2) is 28.3 Å². The standard InChI is InChI=1S/C21H19N3O4/c1-2-28-21(27)16-10-6-7-11-18(16)22-19(25)14-24-20(26)13-12-17(23-24)15-8-4-3-5-9-15/h3-13H,2,14H2,1H3,(H,22,25). The lowest BCUT2D eigenvalue weighted by molar-refractivity contribution is -0.117. The van der Waals surface area contributed by atoms with E-state index >= 15 is 0 Å². The highest BCUT2D eigenvalue weighted by Gasteiger charge is 2.15. The first-order valence-electron chi connectivity index (χ1n) is 8.78. The Balaban J connectivity index is 1.79. The van der Waals surface area contributed by atoms with E-state index in [9.17, 15) is 14.4 Å². The Labute approximate surface area is 161 Å². The van der Waals surface area contributed by atoms with E-state index in [0.29, 0.717) is 11.4 Å². The molecule has 0 fully saturated rings. The van der Waals surface area contributed by atoms with Gasteiger partial charge in [0.1, 0.15) is 6.54 Å². The number of ether oxygens (including phenoxy) is 1. The second-order valence-electron chi connectivity index (χ2n) is 5.89. The minimum absolute atomic E-state index is 0.229. The topological polar surface area (TPSA) is 90.3 Å². The highest BCUT2D eigenvalue weighted by Crippen LogP contribution is 2.17. The molecule has 1 heterocycles. The number of hydrogen-bond acceptors (Lipinski definition) is 5. The van der Waals surface area contributed by atoms with Crippen molar-refractivity contribution in [2.75, 3.05) is 11.9 Å².